The lowest BCUT2D eigenvalue weighted by atomic mass is 9.92. The predicted octanol–water partition coefficient (Wildman–Crippen LogP) is 3.09. The summed E-state index contributed by atoms with van der Waals surface area (Å²) in [5, 5.41) is 0. The van der Waals surface area contributed by atoms with Crippen LogP contribution in [0.4, 0.5) is 0 Å². The average molecular weight is 274 g/mol. The van der Waals surface area contributed by atoms with Crippen LogP contribution in [0.5, 0.6) is 0 Å². The quantitative estimate of drug-likeness (QED) is 0.920. The van der Waals surface area contributed by atoms with Crippen LogP contribution in [0.3, 0.4) is 0 Å². The number of nitrogens with two attached hydrogens (primary N) is 1. The second kappa shape index (κ2) is 6.40. The summed E-state index contributed by atoms with van der Waals surface area (Å²) in [4.78, 5) is 14.4. The highest BCUT2D eigenvalue weighted by atomic mass is 16.2. The van der Waals surface area contributed by atoms with Crippen molar-refractivity contribution >= 4 is 5.91 Å². The summed E-state index contributed by atoms with van der Waals surface area (Å²) in [6, 6.07) is 6.52. The highest BCUT2D eigenvalue weighted by molar-refractivity contribution is 5.77. The van der Waals surface area contributed by atoms with Crippen molar-refractivity contribution in [2.24, 2.45) is 5.73 Å². The van der Waals surface area contributed by atoms with Crippen molar-refractivity contribution in [3.8, 4) is 0 Å². The molecule has 1 fully saturated rings. The Morgan fingerprint density at radius 3 is 2.75 bits per heavy atom. The first-order valence-corrected chi connectivity index (χ1v) is 7.66. The summed E-state index contributed by atoms with van der Waals surface area (Å²) in [7, 11) is 0. The molecule has 0 saturated carbocycles. The lowest BCUT2D eigenvalue weighted by Crippen LogP contribution is -2.42. The molecule has 0 aliphatic carbocycles. The van der Waals surface area contributed by atoms with Crippen LogP contribution in [0.2, 0.25) is 0 Å². The molecule has 20 heavy (non-hydrogen) atoms. The molecule has 2 N–H and O–H groups in total. The van der Waals surface area contributed by atoms with Crippen molar-refractivity contribution in [3.05, 3.63) is 34.9 Å². The van der Waals surface area contributed by atoms with Gasteiger partial charge in [0.2, 0.25) is 5.91 Å². The Kier molecular flexibility index (Phi) is 4.81. The maximum atomic E-state index is 12.4. The lowest BCUT2D eigenvalue weighted by molar-refractivity contribution is -0.133. The van der Waals surface area contributed by atoms with Crippen molar-refractivity contribution in [1.29, 1.82) is 0 Å². The van der Waals surface area contributed by atoms with Crippen LogP contribution < -0.4 is 5.73 Å². The monoisotopic (exact) mass is 274 g/mol. The van der Waals surface area contributed by atoms with Gasteiger partial charge >= 0.3 is 0 Å². The molecule has 1 saturated heterocycles. The molecule has 2 rings (SSSR count). The summed E-state index contributed by atoms with van der Waals surface area (Å²) in [6.45, 7) is 7.13. The molecule has 1 aromatic carbocycles. The fourth-order valence-corrected chi connectivity index (χ4v) is 3.24. The zero-order valence-corrected chi connectivity index (χ0v) is 12.9. The molecule has 1 heterocycles. The highest BCUT2D eigenvalue weighted by Crippen LogP contribution is 2.32. The van der Waals surface area contributed by atoms with Gasteiger partial charge in [-0.15, -0.1) is 0 Å². The molecule has 0 aromatic heterocycles. The molecule has 1 aliphatic heterocycles. The topological polar surface area (TPSA) is 46.3 Å². The van der Waals surface area contributed by atoms with E-state index < -0.39 is 0 Å². The average Bonchev–Trinajstić information content (AvgIpc) is 2.52. The molecule has 110 valence electrons. The standard InChI is InChI=1S/C17H26N2O/c1-4-10-19-16(20)7-5-6-15(18)17(19)14-9-8-12(2)11-13(14)3/h8-9,11,15,17H,4-7,10,18H2,1-3H3. The Hall–Kier alpha value is -1.35. The SMILES string of the molecule is CCCN1C(=O)CCCC(N)C1c1ccc(C)cc1C. The minimum atomic E-state index is 0.0329. The van der Waals surface area contributed by atoms with E-state index in [-0.39, 0.29) is 18.0 Å². The zero-order valence-electron chi connectivity index (χ0n) is 12.9. The van der Waals surface area contributed by atoms with Gasteiger partial charge in [-0.1, -0.05) is 30.7 Å². The van der Waals surface area contributed by atoms with Crippen LogP contribution in [0.25, 0.3) is 0 Å². The van der Waals surface area contributed by atoms with Crippen LogP contribution >= 0.6 is 0 Å². The van der Waals surface area contributed by atoms with Gasteiger partial charge in [-0.3, -0.25) is 4.79 Å². The van der Waals surface area contributed by atoms with E-state index in [1.165, 1.54) is 16.7 Å². The molecule has 2 unspecified atom stereocenters. The van der Waals surface area contributed by atoms with Gasteiger partial charge in [0.15, 0.2) is 0 Å². The van der Waals surface area contributed by atoms with E-state index in [0.29, 0.717) is 6.42 Å². The summed E-state index contributed by atoms with van der Waals surface area (Å²) >= 11 is 0. The van der Waals surface area contributed by atoms with Crippen LogP contribution in [0.15, 0.2) is 18.2 Å². The van der Waals surface area contributed by atoms with Crippen molar-refractivity contribution in [1.82, 2.24) is 4.90 Å². The number of rotatable bonds is 3. The lowest BCUT2D eigenvalue weighted by Gasteiger charge is -2.35. The predicted molar refractivity (Wildman–Crippen MR) is 82.5 cm³/mol. The summed E-state index contributed by atoms with van der Waals surface area (Å²) in [5.41, 5.74) is 10.1. The molecule has 0 bridgehead atoms. The van der Waals surface area contributed by atoms with Crippen molar-refractivity contribution in [3.63, 3.8) is 0 Å². The van der Waals surface area contributed by atoms with Crippen molar-refractivity contribution in [2.75, 3.05) is 6.54 Å². The highest BCUT2D eigenvalue weighted by Gasteiger charge is 2.32. The van der Waals surface area contributed by atoms with Gasteiger partial charge < -0.3 is 10.6 Å². The number of amides is 1. The molecule has 1 aliphatic rings. The van der Waals surface area contributed by atoms with Gasteiger partial charge in [0.25, 0.3) is 0 Å². The minimum absolute atomic E-state index is 0.0329. The Morgan fingerprint density at radius 2 is 2.10 bits per heavy atom. The summed E-state index contributed by atoms with van der Waals surface area (Å²) < 4.78 is 0. The number of hydrogen-bond donors (Lipinski definition) is 1. The summed E-state index contributed by atoms with van der Waals surface area (Å²) in [5.74, 6) is 0.254. The number of benzene rings is 1. The van der Waals surface area contributed by atoms with Gasteiger partial charge in [0.05, 0.1) is 6.04 Å². The Morgan fingerprint density at radius 1 is 1.35 bits per heavy atom. The Labute approximate surface area is 122 Å². The van der Waals surface area contributed by atoms with E-state index in [0.717, 1.165) is 25.8 Å². The van der Waals surface area contributed by atoms with Crippen LogP contribution in [0.1, 0.15) is 55.3 Å². The second-order valence-electron chi connectivity index (χ2n) is 5.95. The molecule has 3 heteroatoms. The van der Waals surface area contributed by atoms with E-state index in [1.54, 1.807) is 0 Å². The maximum absolute atomic E-state index is 12.4. The third kappa shape index (κ3) is 3.04. The molecule has 1 amide bonds. The first-order valence-electron chi connectivity index (χ1n) is 7.66. The third-order valence-corrected chi connectivity index (χ3v) is 4.20. The fraction of sp³-hybridized carbons (Fsp3) is 0.588. The number of carbonyl (C=O) groups is 1. The summed E-state index contributed by atoms with van der Waals surface area (Å²) in [6.07, 6.45) is 3.43. The number of hydrogen-bond acceptors (Lipinski definition) is 2. The van der Waals surface area contributed by atoms with E-state index >= 15 is 0 Å². The van der Waals surface area contributed by atoms with Gasteiger partial charge in [0, 0.05) is 19.0 Å². The second-order valence-corrected chi connectivity index (χ2v) is 5.95. The molecule has 0 spiro atoms. The zero-order chi connectivity index (χ0) is 14.7. The maximum Gasteiger partial charge on any atom is 0.223 e. The largest absolute Gasteiger partial charge is 0.334 e. The smallest absolute Gasteiger partial charge is 0.223 e. The molecule has 1 aromatic rings. The molecule has 2 atom stereocenters. The van der Waals surface area contributed by atoms with Crippen LogP contribution in [-0.4, -0.2) is 23.4 Å². The van der Waals surface area contributed by atoms with E-state index in [4.69, 9.17) is 5.73 Å². The van der Waals surface area contributed by atoms with E-state index in [2.05, 4.69) is 39.0 Å². The van der Waals surface area contributed by atoms with E-state index in [1.807, 2.05) is 4.90 Å². The van der Waals surface area contributed by atoms with Crippen LogP contribution in [-0.2, 0) is 4.79 Å². The van der Waals surface area contributed by atoms with Crippen molar-refractivity contribution in [2.45, 2.75) is 58.5 Å². The Balaban J connectivity index is 2.42. The molecule has 3 nitrogen and oxygen atoms in total. The minimum Gasteiger partial charge on any atom is -0.334 e. The van der Waals surface area contributed by atoms with Crippen molar-refractivity contribution < 1.29 is 4.79 Å². The van der Waals surface area contributed by atoms with E-state index in [9.17, 15) is 4.79 Å². The number of likely N-dealkylation sites (tertiary alicyclic amines) is 1. The molecule has 0 radical (unpaired) electrons. The van der Waals surface area contributed by atoms with Gasteiger partial charge in [-0.2, -0.15) is 0 Å². The number of aryl methyl sites for hydroxylation is 2. The normalized spacial score (nSPS) is 23.8. The first-order chi connectivity index (χ1) is 9.54. The van der Waals surface area contributed by atoms with Gasteiger partial charge in [-0.25, -0.2) is 0 Å². The van der Waals surface area contributed by atoms with Gasteiger partial charge in [-0.05, 0) is 44.2 Å². The molecular weight excluding hydrogens is 248 g/mol. The third-order valence-electron chi connectivity index (χ3n) is 4.20. The Bertz CT molecular complexity index is 484. The van der Waals surface area contributed by atoms with Gasteiger partial charge in [0.1, 0.15) is 0 Å². The first kappa shape index (κ1) is 15.0. The number of carbonyl (C=O) groups excluding carboxylic acids is 1. The van der Waals surface area contributed by atoms with Crippen LogP contribution in [0, 0.1) is 13.8 Å². The fourth-order valence-electron chi connectivity index (χ4n) is 3.24. The molecular formula is C17H26N2O. The number of nitrogens with zero attached hydrogens (tertiary/aromatic N) is 1.